The van der Waals surface area contributed by atoms with Crippen LogP contribution >= 0.6 is 0 Å². The van der Waals surface area contributed by atoms with Crippen molar-refractivity contribution in [3.8, 4) is 5.75 Å². The number of fused-ring (bicyclic) bond motifs is 2. The molecule has 0 spiro atoms. The van der Waals surface area contributed by atoms with Gasteiger partial charge in [-0.15, -0.1) is 0 Å². The second-order valence-electron chi connectivity index (χ2n) is 5.14. The first-order chi connectivity index (χ1) is 11.2. The van der Waals surface area contributed by atoms with Gasteiger partial charge in [0, 0.05) is 13.1 Å². The van der Waals surface area contributed by atoms with Gasteiger partial charge in [-0.2, -0.15) is 0 Å². The van der Waals surface area contributed by atoms with Crippen LogP contribution in [0, 0.1) is 0 Å². The zero-order chi connectivity index (χ0) is 15.8. The minimum atomic E-state index is -0.543. The summed E-state index contributed by atoms with van der Waals surface area (Å²) in [6.45, 7) is 0. The Labute approximate surface area is 131 Å². The zero-order valence-corrected chi connectivity index (χ0v) is 12.3. The maximum atomic E-state index is 12.2. The fourth-order valence-electron chi connectivity index (χ4n) is 2.39. The molecule has 0 fully saturated rings. The van der Waals surface area contributed by atoms with Gasteiger partial charge in [0.15, 0.2) is 5.69 Å². The number of carbonyl (C=O) groups excluding carboxylic acids is 1. The number of rotatable bonds is 2. The van der Waals surface area contributed by atoms with Gasteiger partial charge in [-0.25, -0.2) is 14.8 Å². The van der Waals surface area contributed by atoms with E-state index in [1.807, 2.05) is 35.9 Å². The normalized spacial score (nSPS) is 11.0. The first kappa shape index (κ1) is 13.4. The molecule has 4 aromatic rings. The number of benzene rings is 2. The third kappa shape index (κ3) is 2.40. The first-order valence-electron chi connectivity index (χ1n) is 7.06. The van der Waals surface area contributed by atoms with Gasteiger partial charge >= 0.3 is 5.97 Å². The maximum Gasteiger partial charge on any atom is 0.363 e. The van der Waals surface area contributed by atoms with Gasteiger partial charge in [-0.3, -0.25) is 4.98 Å². The summed E-state index contributed by atoms with van der Waals surface area (Å²) in [4.78, 5) is 25.0. The summed E-state index contributed by atoms with van der Waals surface area (Å²) in [5, 5.41) is 0. The zero-order valence-electron chi connectivity index (χ0n) is 12.3. The molecule has 2 heterocycles. The summed E-state index contributed by atoms with van der Waals surface area (Å²) in [5.74, 6) is -0.116. The molecule has 0 saturated carbocycles. The predicted molar refractivity (Wildman–Crippen MR) is 85.2 cm³/mol. The molecule has 6 nitrogen and oxygen atoms in total. The van der Waals surface area contributed by atoms with Crippen LogP contribution in [0.4, 0.5) is 0 Å². The number of aromatic nitrogens is 4. The molecule has 2 aromatic carbocycles. The molecule has 4 rings (SSSR count). The molecule has 0 atom stereocenters. The minimum absolute atomic E-state index is 0.171. The Kier molecular flexibility index (Phi) is 3.01. The molecule has 0 radical (unpaired) electrons. The fraction of sp³-hybridized carbons (Fsp3) is 0.0588. The third-order valence-electron chi connectivity index (χ3n) is 3.57. The van der Waals surface area contributed by atoms with Gasteiger partial charge in [0.1, 0.15) is 5.75 Å². The van der Waals surface area contributed by atoms with Crippen LogP contribution in [-0.4, -0.2) is 25.5 Å². The average molecular weight is 304 g/mol. The second-order valence-corrected chi connectivity index (χ2v) is 5.14. The molecule has 0 unspecified atom stereocenters. The standard InChI is InChI=1S/C17H12N4O2/c1-21-10-19-14-8-11(6-7-16(14)21)23-17(22)15-9-18-12-4-2-3-5-13(12)20-15/h2-10H,1H3. The predicted octanol–water partition coefficient (Wildman–Crippen LogP) is 2.74. The second kappa shape index (κ2) is 5.17. The molecule has 0 saturated heterocycles. The van der Waals surface area contributed by atoms with E-state index in [2.05, 4.69) is 15.0 Å². The van der Waals surface area contributed by atoms with E-state index in [4.69, 9.17) is 4.74 Å². The van der Waals surface area contributed by atoms with Crippen molar-refractivity contribution in [1.82, 2.24) is 19.5 Å². The lowest BCUT2D eigenvalue weighted by atomic mass is 10.3. The molecule has 0 aliphatic carbocycles. The van der Waals surface area contributed by atoms with Gasteiger partial charge in [0.2, 0.25) is 0 Å². The molecule has 0 amide bonds. The molecule has 0 aliphatic rings. The van der Waals surface area contributed by atoms with Crippen molar-refractivity contribution >= 4 is 28.0 Å². The Morgan fingerprint density at radius 1 is 1.04 bits per heavy atom. The highest BCUT2D eigenvalue weighted by Gasteiger charge is 2.12. The number of hydrogen-bond donors (Lipinski definition) is 0. The van der Waals surface area contributed by atoms with Crippen LogP contribution in [0.5, 0.6) is 5.75 Å². The number of ether oxygens (including phenoxy) is 1. The van der Waals surface area contributed by atoms with Crippen molar-refractivity contribution in [2.24, 2.45) is 7.05 Å². The van der Waals surface area contributed by atoms with Gasteiger partial charge in [0.05, 0.1) is 34.6 Å². The van der Waals surface area contributed by atoms with E-state index in [1.165, 1.54) is 6.20 Å². The van der Waals surface area contributed by atoms with Crippen LogP contribution in [0.3, 0.4) is 0 Å². The molecule has 2 aromatic heterocycles. The lowest BCUT2D eigenvalue weighted by Crippen LogP contribution is -2.11. The molecular weight excluding hydrogens is 292 g/mol. The van der Waals surface area contributed by atoms with Crippen molar-refractivity contribution in [3.63, 3.8) is 0 Å². The average Bonchev–Trinajstić information content (AvgIpc) is 2.95. The van der Waals surface area contributed by atoms with Gasteiger partial charge in [-0.05, 0) is 24.3 Å². The van der Waals surface area contributed by atoms with E-state index >= 15 is 0 Å². The summed E-state index contributed by atoms with van der Waals surface area (Å²) in [7, 11) is 1.91. The molecule has 23 heavy (non-hydrogen) atoms. The lowest BCUT2D eigenvalue weighted by Gasteiger charge is -2.04. The van der Waals surface area contributed by atoms with Crippen molar-refractivity contribution < 1.29 is 9.53 Å². The van der Waals surface area contributed by atoms with Crippen molar-refractivity contribution in [2.45, 2.75) is 0 Å². The van der Waals surface area contributed by atoms with Gasteiger partial charge in [-0.1, -0.05) is 12.1 Å². The van der Waals surface area contributed by atoms with E-state index < -0.39 is 5.97 Å². The smallest absolute Gasteiger partial charge is 0.363 e. The number of esters is 1. The lowest BCUT2D eigenvalue weighted by molar-refractivity contribution is 0.0729. The topological polar surface area (TPSA) is 69.9 Å². The van der Waals surface area contributed by atoms with Crippen molar-refractivity contribution in [3.05, 3.63) is 60.7 Å². The number of hydrogen-bond acceptors (Lipinski definition) is 5. The Morgan fingerprint density at radius 3 is 2.74 bits per heavy atom. The number of nitrogens with zero attached hydrogens (tertiary/aromatic N) is 4. The highest BCUT2D eigenvalue weighted by atomic mass is 16.5. The third-order valence-corrected chi connectivity index (χ3v) is 3.57. The number of aryl methyl sites for hydroxylation is 1. The van der Waals surface area contributed by atoms with Crippen LogP contribution in [0.15, 0.2) is 55.0 Å². The maximum absolute atomic E-state index is 12.2. The van der Waals surface area contributed by atoms with Crippen LogP contribution in [0.2, 0.25) is 0 Å². The fourth-order valence-corrected chi connectivity index (χ4v) is 2.39. The molecule has 6 heteroatoms. The van der Waals surface area contributed by atoms with Crippen molar-refractivity contribution in [2.75, 3.05) is 0 Å². The van der Waals surface area contributed by atoms with Crippen LogP contribution in [0.1, 0.15) is 10.5 Å². The van der Waals surface area contributed by atoms with Crippen LogP contribution in [-0.2, 0) is 7.05 Å². The molecular formula is C17H12N4O2. The van der Waals surface area contributed by atoms with Crippen LogP contribution in [0.25, 0.3) is 22.1 Å². The largest absolute Gasteiger partial charge is 0.422 e. The monoisotopic (exact) mass is 304 g/mol. The summed E-state index contributed by atoms with van der Waals surface area (Å²) in [5.41, 5.74) is 3.29. The highest BCUT2D eigenvalue weighted by molar-refractivity contribution is 5.91. The summed E-state index contributed by atoms with van der Waals surface area (Å²) in [6.07, 6.45) is 3.13. The molecule has 0 N–H and O–H groups in total. The van der Waals surface area contributed by atoms with Crippen molar-refractivity contribution in [1.29, 1.82) is 0 Å². The van der Waals surface area contributed by atoms with Crippen LogP contribution < -0.4 is 4.74 Å². The number of carbonyl (C=O) groups is 1. The summed E-state index contributed by atoms with van der Waals surface area (Å²) in [6, 6.07) is 12.7. The van der Waals surface area contributed by atoms with Gasteiger partial charge in [0.25, 0.3) is 0 Å². The SMILES string of the molecule is Cn1cnc2cc(OC(=O)c3cnc4ccccc4n3)ccc21. The number of imidazole rings is 1. The Balaban J connectivity index is 1.64. The Bertz CT molecular complexity index is 1040. The van der Waals surface area contributed by atoms with E-state index in [0.717, 1.165) is 16.6 Å². The quantitative estimate of drug-likeness (QED) is 0.421. The molecule has 112 valence electrons. The summed E-state index contributed by atoms with van der Waals surface area (Å²) < 4.78 is 7.27. The summed E-state index contributed by atoms with van der Waals surface area (Å²) >= 11 is 0. The molecule has 0 aliphatic heterocycles. The van der Waals surface area contributed by atoms with Gasteiger partial charge < -0.3 is 9.30 Å². The van der Waals surface area contributed by atoms with E-state index in [1.54, 1.807) is 24.5 Å². The Morgan fingerprint density at radius 2 is 1.87 bits per heavy atom. The van der Waals surface area contributed by atoms with E-state index in [-0.39, 0.29) is 5.69 Å². The van der Waals surface area contributed by atoms with E-state index in [9.17, 15) is 4.79 Å². The first-order valence-corrected chi connectivity index (χ1v) is 7.06. The highest BCUT2D eigenvalue weighted by Crippen LogP contribution is 2.20. The minimum Gasteiger partial charge on any atom is -0.422 e. The molecule has 0 bridgehead atoms. The Hall–Kier alpha value is -3.28. The number of para-hydroxylation sites is 2. The van der Waals surface area contributed by atoms with E-state index in [0.29, 0.717) is 11.3 Å².